The average molecular weight is 432 g/mol. The molecule has 0 fully saturated rings. The monoisotopic (exact) mass is 431 g/mol. The van der Waals surface area contributed by atoms with Crippen molar-refractivity contribution in [3.05, 3.63) is 90.2 Å². The van der Waals surface area contributed by atoms with Crippen LogP contribution in [-0.2, 0) is 5.75 Å². The number of hydrogen-bond acceptors (Lipinski definition) is 4. The number of thioether (sulfide) groups is 1. The molecule has 3 amide bonds. The molecule has 6 nitrogen and oxygen atoms in total. The lowest BCUT2D eigenvalue weighted by Gasteiger charge is -2.09. The summed E-state index contributed by atoms with van der Waals surface area (Å²) in [6.45, 7) is 0. The highest BCUT2D eigenvalue weighted by Crippen LogP contribution is 2.29. The fraction of sp³-hybridized carbons (Fsp3) is 0.0833. The van der Waals surface area contributed by atoms with E-state index in [0.29, 0.717) is 34.2 Å². The van der Waals surface area contributed by atoms with Gasteiger partial charge in [0.2, 0.25) is 0 Å². The second-order valence-corrected chi connectivity index (χ2v) is 7.68. The van der Waals surface area contributed by atoms with Crippen LogP contribution in [0.2, 0.25) is 0 Å². The van der Waals surface area contributed by atoms with Crippen LogP contribution in [0.1, 0.15) is 16.1 Å². The van der Waals surface area contributed by atoms with Crippen LogP contribution < -0.4 is 16.0 Å². The van der Waals surface area contributed by atoms with Crippen molar-refractivity contribution in [2.45, 2.75) is 5.75 Å². The van der Waals surface area contributed by atoms with Gasteiger partial charge in [-0.25, -0.2) is 4.79 Å². The molecule has 31 heavy (non-hydrogen) atoms. The summed E-state index contributed by atoms with van der Waals surface area (Å²) in [5.74, 6) is 0.696. The molecule has 0 aliphatic carbocycles. The molecule has 0 unspecified atom stereocenters. The summed E-state index contributed by atoms with van der Waals surface area (Å²) in [4.78, 5) is 25.0. The van der Waals surface area contributed by atoms with Crippen LogP contribution in [0.3, 0.4) is 0 Å². The third kappa shape index (κ3) is 4.90. The summed E-state index contributed by atoms with van der Waals surface area (Å²) in [5, 5.41) is 9.34. The zero-order chi connectivity index (χ0) is 21.6. The molecular weight excluding hydrogens is 410 g/mol. The minimum atomic E-state index is -0.341. The molecule has 0 saturated carbocycles. The van der Waals surface area contributed by atoms with Gasteiger partial charge in [-0.3, -0.25) is 4.79 Å². The number of amides is 3. The van der Waals surface area contributed by atoms with Crippen molar-refractivity contribution in [1.82, 2.24) is 0 Å². The van der Waals surface area contributed by atoms with E-state index < -0.39 is 0 Å². The second kappa shape index (κ2) is 9.40. The van der Waals surface area contributed by atoms with E-state index in [1.807, 2.05) is 60.9 Å². The van der Waals surface area contributed by atoms with E-state index in [0.717, 1.165) is 10.9 Å². The first-order chi connectivity index (χ1) is 15.1. The van der Waals surface area contributed by atoms with E-state index in [1.54, 1.807) is 36.0 Å². The SMILES string of the molecule is CSCc1c(C(=O)Nc2ccc(NC(=O)Nc3ccccc3)cc2)oc2ccccc12. The maximum Gasteiger partial charge on any atom is 0.323 e. The molecule has 4 rings (SSSR count). The van der Waals surface area contributed by atoms with Gasteiger partial charge in [0.25, 0.3) is 5.91 Å². The van der Waals surface area contributed by atoms with Gasteiger partial charge in [-0.2, -0.15) is 11.8 Å². The number of carbonyl (C=O) groups excluding carboxylic acids is 2. The van der Waals surface area contributed by atoms with Crippen LogP contribution in [0, 0.1) is 0 Å². The maximum absolute atomic E-state index is 12.9. The molecular formula is C24H21N3O3S. The molecule has 3 N–H and O–H groups in total. The van der Waals surface area contributed by atoms with Gasteiger partial charge < -0.3 is 20.4 Å². The number of nitrogens with one attached hydrogen (secondary N) is 3. The van der Waals surface area contributed by atoms with Crippen LogP contribution in [0.4, 0.5) is 21.9 Å². The summed E-state index contributed by atoms with van der Waals surface area (Å²) in [7, 11) is 0. The number of furan rings is 1. The maximum atomic E-state index is 12.9. The minimum absolute atomic E-state index is 0.303. The molecule has 1 heterocycles. The Hall–Kier alpha value is -3.71. The molecule has 3 aromatic carbocycles. The molecule has 156 valence electrons. The lowest BCUT2D eigenvalue weighted by molar-refractivity contribution is 0.0998. The number of para-hydroxylation sites is 2. The highest BCUT2D eigenvalue weighted by atomic mass is 32.2. The Kier molecular flexibility index (Phi) is 6.24. The largest absolute Gasteiger partial charge is 0.451 e. The lowest BCUT2D eigenvalue weighted by Crippen LogP contribution is -2.19. The van der Waals surface area contributed by atoms with Gasteiger partial charge in [-0.05, 0) is 48.7 Å². The van der Waals surface area contributed by atoms with Crippen molar-refractivity contribution < 1.29 is 14.0 Å². The van der Waals surface area contributed by atoms with Gasteiger partial charge in [0.05, 0.1) is 0 Å². The van der Waals surface area contributed by atoms with Crippen molar-refractivity contribution in [2.75, 3.05) is 22.2 Å². The van der Waals surface area contributed by atoms with Crippen molar-refractivity contribution in [1.29, 1.82) is 0 Å². The highest BCUT2D eigenvalue weighted by molar-refractivity contribution is 7.97. The summed E-state index contributed by atoms with van der Waals surface area (Å²) >= 11 is 1.63. The summed E-state index contributed by atoms with van der Waals surface area (Å²) < 4.78 is 5.83. The molecule has 7 heteroatoms. The zero-order valence-electron chi connectivity index (χ0n) is 16.8. The first-order valence-electron chi connectivity index (χ1n) is 9.68. The Morgan fingerprint density at radius 2 is 1.35 bits per heavy atom. The average Bonchev–Trinajstić information content (AvgIpc) is 3.15. The normalized spacial score (nSPS) is 10.6. The van der Waals surface area contributed by atoms with E-state index in [4.69, 9.17) is 4.42 Å². The summed E-state index contributed by atoms with van der Waals surface area (Å²) in [6.07, 6.45) is 1.99. The topological polar surface area (TPSA) is 83.4 Å². The fourth-order valence-electron chi connectivity index (χ4n) is 3.21. The first-order valence-corrected chi connectivity index (χ1v) is 11.1. The predicted octanol–water partition coefficient (Wildman–Crippen LogP) is 6.19. The molecule has 0 atom stereocenters. The van der Waals surface area contributed by atoms with E-state index in [2.05, 4.69) is 16.0 Å². The standard InChI is InChI=1S/C24H21N3O3S/c1-31-15-20-19-9-5-6-10-21(19)30-22(20)23(28)25-17-11-13-18(14-12-17)27-24(29)26-16-7-3-2-4-8-16/h2-14H,15H2,1H3,(H,25,28)(H2,26,27,29). The number of hydrogen-bond donors (Lipinski definition) is 3. The fourth-order valence-corrected chi connectivity index (χ4v) is 3.78. The van der Waals surface area contributed by atoms with Gasteiger partial charge in [0.1, 0.15) is 5.58 Å². The van der Waals surface area contributed by atoms with Gasteiger partial charge in [-0.15, -0.1) is 0 Å². The van der Waals surface area contributed by atoms with Crippen LogP contribution in [0.25, 0.3) is 11.0 Å². The first kappa shape index (κ1) is 20.6. The zero-order valence-corrected chi connectivity index (χ0v) is 17.7. The minimum Gasteiger partial charge on any atom is -0.451 e. The van der Waals surface area contributed by atoms with Gasteiger partial charge in [-0.1, -0.05) is 36.4 Å². The summed E-state index contributed by atoms with van der Waals surface area (Å²) in [6, 6.07) is 23.4. The lowest BCUT2D eigenvalue weighted by atomic mass is 10.1. The smallest absolute Gasteiger partial charge is 0.323 e. The van der Waals surface area contributed by atoms with Crippen LogP contribution >= 0.6 is 11.8 Å². The van der Waals surface area contributed by atoms with Crippen LogP contribution in [0.5, 0.6) is 0 Å². The highest BCUT2D eigenvalue weighted by Gasteiger charge is 2.20. The van der Waals surface area contributed by atoms with Crippen molar-refractivity contribution in [3.63, 3.8) is 0 Å². The third-order valence-electron chi connectivity index (χ3n) is 4.63. The predicted molar refractivity (Wildman–Crippen MR) is 127 cm³/mol. The van der Waals surface area contributed by atoms with Gasteiger partial charge >= 0.3 is 6.03 Å². The molecule has 4 aromatic rings. The molecule has 0 bridgehead atoms. The summed E-state index contributed by atoms with van der Waals surface area (Å²) in [5.41, 5.74) is 3.50. The molecule has 0 radical (unpaired) electrons. The van der Waals surface area contributed by atoms with Crippen molar-refractivity contribution in [3.8, 4) is 0 Å². The molecule has 0 saturated heterocycles. The van der Waals surface area contributed by atoms with E-state index in [9.17, 15) is 9.59 Å². The molecule has 1 aromatic heterocycles. The van der Waals surface area contributed by atoms with Gasteiger partial charge in [0.15, 0.2) is 5.76 Å². The Morgan fingerprint density at radius 3 is 2.03 bits per heavy atom. The van der Waals surface area contributed by atoms with Crippen molar-refractivity contribution in [2.24, 2.45) is 0 Å². The molecule has 0 aliphatic rings. The second-order valence-electron chi connectivity index (χ2n) is 6.82. The van der Waals surface area contributed by atoms with E-state index in [1.165, 1.54) is 0 Å². The Morgan fingerprint density at radius 1 is 0.774 bits per heavy atom. The number of urea groups is 1. The number of carbonyl (C=O) groups is 2. The Bertz CT molecular complexity index is 1200. The van der Waals surface area contributed by atoms with Gasteiger partial charge in [0, 0.05) is 33.8 Å². The number of rotatable bonds is 6. The third-order valence-corrected chi connectivity index (χ3v) is 5.20. The number of fused-ring (bicyclic) bond motifs is 1. The van der Waals surface area contributed by atoms with Crippen LogP contribution in [-0.4, -0.2) is 18.2 Å². The Balaban J connectivity index is 1.43. The van der Waals surface area contributed by atoms with Crippen molar-refractivity contribution >= 4 is 51.7 Å². The number of anilines is 3. The molecule has 0 aliphatic heterocycles. The number of benzene rings is 3. The quantitative estimate of drug-likeness (QED) is 0.340. The Labute approximate surface area is 184 Å². The molecule has 0 spiro atoms. The van der Waals surface area contributed by atoms with E-state index in [-0.39, 0.29) is 11.9 Å². The van der Waals surface area contributed by atoms with Crippen LogP contribution in [0.15, 0.2) is 83.3 Å². The van der Waals surface area contributed by atoms with E-state index >= 15 is 0 Å².